The summed E-state index contributed by atoms with van der Waals surface area (Å²) in [5, 5.41) is 49.9. The first-order valence-corrected chi connectivity index (χ1v) is 8.24. The molecular weight excluding hydrogens is 290 g/mol. The largest absolute Gasteiger partial charge is 0.396 e. The van der Waals surface area contributed by atoms with Gasteiger partial charge >= 0.3 is 0 Å². The van der Waals surface area contributed by atoms with E-state index in [9.17, 15) is 15.3 Å². The lowest BCUT2D eigenvalue weighted by Crippen LogP contribution is -2.46. The molecular formula is C15H31NO6. The fraction of sp³-hybridized carbons (Fsp3) is 1.00. The summed E-state index contributed by atoms with van der Waals surface area (Å²) in [6.45, 7) is 0.616. The molecule has 0 bridgehead atoms. The van der Waals surface area contributed by atoms with Gasteiger partial charge in [0.15, 0.2) is 0 Å². The van der Waals surface area contributed by atoms with Crippen molar-refractivity contribution in [3.05, 3.63) is 0 Å². The van der Waals surface area contributed by atoms with Gasteiger partial charge in [0.05, 0.1) is 6.61 Å². The van der Waals surface area contributed by atoms with Crippen LogP contribution >= 0.6 is 0 Å². The van der Waals surface area contributed by atoms with E-state index >= 15 is 0 Å². The van der Waals surface area contributed by atoms with E-state index in [-0.39, 0.29) is 6.61 Å². The van der Waals surface area contributed by atoms with E-state index in [0.29, 0.717) is 6.54 Å². The average Bonchev–Trinajstić information content (AvgIpc) is 2.74. The molecule has 1 fully saturated rings. The minimum absolute atomic E-state index is 0.277. The predicted molar refractivity (Wildman–Crippen MR) is 81.2 cm³/mol. The Morgan fingerprint density at radius 2 is 1.50 bits per heavy atom. The fourth-order valence-electron chi connectivity index (χ4n) is 2.65. The zero-order chi connectivity index (χ0) is 16.4. The van der Waals surface area contributed by atoms with E-state index in [0.717, 1.165) is 38.6 Å². The van der Waals surface area contributed by atoms with Crippen LogP contribution in [0, 0.1) is 0 Å². The molecule has 1 heterocycles. The Bertz CT molecular complexity index is 293. The zero-order valence-corrected chi connectivity index (χ0v) is 13.2. The summed E-state index contributed by atoms with van der Waals surface area (Å²) in [5.41, 5.74) is 0. The first-order valence-electron chi connectivity index (χ1n) is 8.24. The number of aliphatic hydroxyl groups is 5. The molecule has 6 N–H and O–H groups in total. The van der Waals surface area contributed by atoms with Crippen LogP contribution < -0.4 is 5.32 Å². The minimum Gasteiger partial charge on any atom is -0.396 e. The maximum Gasteiger partial charge on any atom is 0.219 e. The molecule has 1 rings (SSSR count). The van der Waals surface area contributed by atoms with E-state index in [1.54, 1.807) is 0 Å². The smallest absolute Gasteiger partial charge is 0.219 e. The highest BCUT2D eigenvalue weighted by molar-refractivity contribution is 4.95. The number of nitrogens with one attached hydrogen (secondary N) is 1. The molecule has 1 aliphatic rings. The minimum atomic E-state index is -2.07. The predicted octanol–water partition coefficient (Wildman–Crippen LogP) is -0.899. The quantitative estimate of drug-likeness (QED) is 0.258. The summed E-state index contributed by atoms with van der Waals surface area (Å²) in [7, 11) is 0. The van der Waals surface area contributed by atoms with Crippen LogP contribution in [0.15, 0.2) is 0 Å². The van der Waals surface area contributed by atoms with Crippen LogP contribution in [0.3, 0.4) is 0 Å². The third-order valence-electron chi connectivity index (χ3n) is 4.11. The van der Waals surface area contributed by atoms with Gasteiger partial charge in [-0.25, -0.2) is 0 Å². The molecule has 4 atom stereocenters. The molecule has 132 valence electrons. The lowest BCUT2D eigenvalue weighted by molar-refractivity contribution is -0.245. The molecule has 1 saturated heterocycles. The third-order valence-corrected chi connectivity index (χ3v) is 4.11. The van der Waals surface area contributed by atoms with Crippen LogP contribution in [0.4, 0.5) is 0 Å². The molecule has 22 heavy (non-hydrogen) atoms. The first kappa shape index (κ1) is 19.8. The number of hydrogen-bond acceptors (Lipinski definition) is 7. The van der Waals surface area contributed by atoms with Gasteiger partial charge in [-0.3, -0.25) is 0 Å². The SMILES string of the molecule is OCCCCCCCCCNC[C@@H]1O[C@](O)(CO)[C@@H](O)[C@@H]1O. The monoisotopic (exact) mass is 321 g/mol. The van der Waals surface area contributed by atoms with Gasteiger partial charge in [0.2, 0.25) is 5.79 Å². The van der Waals surface area contributed by atoms with E-state index in [2.05, 4.69) is 5.32 Å². The summed E-state index contributed by atoms with van der Waals surface area (Å²) < 4.78 is 5.13. The number of hydrogen-bond donors (Lipinski definition) is 6. The summed E-state index contributed by atoms with van der Waals surface area (Å²) >= 11 is 0. The molecule has 7 nitrogen and oxygen atoms in total. The topological polar surface area (TPSA) is 122 Å². The summed E-state index contributed by atoms with van der Waals surface area (Å²) in [6, 6.07) is 0. The molecule has 0 aliphatic carbocycles. The zero-order valence-electron chi connectivity index (χ0n) is 13.2. The van der Waals surface area contributed by atoms with E-state index in [4.69, 9.17) is 14.9 Å². The van der Waals surface area contributed by atoms with Crippen LogP contribution in [0.1, 0.15) is 44.9 Å². The number of aliphatic hydroxyl groups excluding tert-OH is 4. The van der Waals surface area contributed by atoms with Crippen LogP contribution in [0.5, 0.6) is 0 Å². The molecule has 0 aromatic carbocycles. The highest BCUT2D eigenvalue weighted by Crippen LogP contribution is 2.28. The Hall–Kier alpha value is -0.280. The van der Waals surface area contributed by atoms with Crippen molar-refractivity contribution in [3.63, 3.8) is 0 Å². The van der Waals surface area contributed by atoms with Crippen molar-refractivity contribution in [2.45, 2.75) is 69.0 Å². The number of ether oxygens (including phenoxy) is 1. The van der Waals surface area contributed by atoms with Gasteiger partial charge in [0.25, 0.3) is 0 Å². The summed E-state index contributed by atoms with van der Waals surface area (Å²) in [4.78, 5) is 0. The normalized spacial score (nSPS) is 31.8. The second-order valence-electron chi connectivity index (χ2n) is 6.00. The molecule has 0 amide bonds. The highest BCUT2D eigenvalue weighted by atomic mass is 16.7. The maximum atomic E-state index is 9.76. The highest BCUT2D eigenvalue weighted by Gasteiger charge is 2.52. The van der Waals surface area contributed by atoms with Crippen molar-refractivity contribution >= 4 is 0 Å². The van der Waals surface area contributed by atoms with Gasteiger partial charge in [-0.2, -0.15) is 0 Å². The molecule has 1 aliphatic heterocycles. The number of rotatable bonds is 12. The van der Waals surface area contributed by atoms with E-state index < -0.39 is 30.7 Å². The average molecular weight is 321 g/mol. The van der Waals surface area contributed by atoms with Crippen molar-refractivity contribution in [3.8, 4) is 0 Å². The van der Waals surface area contributed by atoms with Crippen molar-refractivity contribution in [1.29, 1.82) is 0 Å². The maximum absolute atomic E-state index is 9.76. The molecule has 0 saturated carbocycles. The van der Waals surface area contributed by atoms with Gasteiger partial charge in [0.1, 0.15) is 18.3 Å². The van der Waals surface area contributed by atoms with Crippen LogP contribution in [-0.4, -0.2) is 75.9 Å². The van der Waals surface area contributed by atoms with Gasteiger partial charge in [0, 0.05) is 13.2 Å². The summed E-state index contributed by atoms with van der Waals surface area (Å²) in [6.07, 6.45) is 4.16. The second kappa shape index (κ2) is 10.5. The fourth-order valence-corrected chi connectivity index (χ4v) is 2.65. The Morgan fingerprint density at radius 1 is 0.909 bits per heavy atom. The van der Waals surface area contributed by atoms with Gasteiger partial charge in [-0.05, 0) is 19.4 Å². The molecule has 0 unspecified atom stereocenters. The molecule has 0 aromatic heterocycles. The van der Waals surface area contributed by atoms with Gasteiger partial charge < -0.3 is 35.6 Å². The molecule has 7 heteroatoms. The van der Waals surface area contributed by atoms with E-state index in [1.807, 2.05) is 0 Å². The Balaban J connectivity index is 2.01. The van der Waals surface area contributed by atoms with Crippen molar-refractivity contribution < 1.29 is 30.3 Å². The van der Waals surface area contributed by atoms with Crippen molar-refractivity contribution in [1.82, 2.24) is 5.32 Å². The lowest BCUT2D eigenvalue weighted by atomic mass is 10.1. The van der Waals surface area contributed by atoms with Crippen LogP contribution in [-0.2, 0) is 4.74 Å². The van der Waals surface area contributed by atoms with Crippen LogP contribution in [0.25, 0.3) is 0 Å². The van der Waals surface area contributed by atoms with Crippen molar-refractivity contribution in [2.24, 2.45) is 0 Å². The number of unbranched alkanes of at least 4 members (excludes halogenated alkanes) is 6. The molecule has 0 radical (unpaired) electrons. The first-order chi connectivity index (χ1) is 10.5. The second-order valence-corrected chi connectivity index (χ2v) is 6.00. The van der Waals surface area contributed by atoms with Crippen LogP contribution in [0.2, 0.25) is 0 Å². The standard InChI is InChI=1S/C15H31NO6/c17-9-7-5-3-1-2-4-6-8-16-10-12-13(19)14(20)15(21,11-18)22-12/h12-14,16-21H,1-11H2/t12-,13+,14-,15+/m0/s1. The molecule has 0 aromatic rings. The third kappa shape index (κ3) is 6.08. The Morgan fingerprint density at radius 3 is 2.05 bits per heavy atom. The Labute approximate surface area is 131 Å². The van der Waals surface area contributed by atoms with Gasteiger partial charge in [-0.1, -0.05) is 32.1 Å². The Kier molecular flexibility index (Phi) is 9.42. The van der Waals surface area contributed by atoms with E-state index in [1.165, 1.54) is 12.8 Å². The lowest BCUT2D eigenvalue weighted by Gasteiger charge is -2.22. The van der Waals surface area contributed by atoms with Gasteiger partial charge in [-0.15, -0.1) is 0 Å². The molecule has 0 spiro atoms. The van der Waals surface area contributed by atoms with Crippen molar-refractivity contribution in [2.75, 3.05) is 26.3 Å². The summed E-state index contributed by atoms with van der Waals surface area (Å²) in [5.74, 6) is -2.07.